The van der Waals surface area contributed by atoms with Crippen molar-refractivity contribution in [1.82, 2.24) is 0 Å². The van der Waals surface area contributed by atoms with E-state index in [0.717, 1.165) is 5.56 Å². The molecule has 0 spiro atoms. The molecule has 1 atom stereocenters. The van der Waals surface area contributed by atoms with Crippen LogP contribution in [0.25, 0.3) is 0 Å². The molecule has 0 aromatic heterocycles. The SMILES string of the molecule is COC(=O)C1=C(N)OC2=C(C(=O)CCC2)[C@@H]1c1ccc(OCc2ccc(Cl)cc2)c(Cl)c1. The quantitative estimate of drug-likeness (QED) is 0.612. The number of ether oxygens (including phenoxy) is 3. The number of allylic oxidation sites excluding steroid dienone is 2. The van der Waals surface area contributed by atoms with Crippen molar-refractivity contribution in [3.05, 3.63) is 86.4 Å². The number of hydrogen-bond acceptors (Lipinski definition) is 6. The minimum atomic E-state index is -0.721. The van der Waals surface area contributed by atoms with E-state index in [1.807, 2.05) is 12.1 Å². The zero-order valence-electron chi connectivity index (χ0n) is 17.3. The first-order valence-electron chi connectivity index (χ1n) is 10.1. The molecule has 0 amide bonds. The van der Waals surface area contributed by atoms with Gasteiger partial charge in [0, 0.05) is 23.4 Å². The Balaban J connectivity index is 1.67. The monoisotopic (exact) mass is 473 g/mol. The summed E-state index contributed by atoms with van der Waals surface area (Å²) in [5, 5.41) is 0.989. The summed E-state index contributed by atoms with van der Waals surface area (Å²) < 4.78 is 16.4. The molecule has 0 bridgehead atoms. The van der Waals surface area contributed by atoms with Crippen LogP contribution in [-0.4, -0.2) is 18.9 Å². The summed E-state index contributed by atoms with van der Waals surface area (Å²) in [6.07, 6.45) is 1.62. The molecule has 0 fully saturated rings. The molecule has 166 valence electrons. The fourth-order valence-electron chi connectivity index (χ4n) is 3.95. The van der Waals surface area contributed by atoms with Crippen molar-refractivity contribution >= 4 is 35.0 Å². The van der Waals surface area contributed by atoms with Crippen molar-refractivity contribution in [2.45, 2.75) is 31.8 Å². The minimum absolute atomic E-state index is 0.0607. The zero-order chi connectivity index (χ0) is 22.8. The molecule has 1 aliphatic carbocycles. The summed E-state index contributed by atoms with van der Waals surface area (Å²) in [6.45, 7) is 0.307. The Morgan fingerprint density at radius 1 is 1.16 bits per heavy atom. The van der Waals surface area contributed by atoms with Crippen molar-refractivity contribution in [2.24, 2.45) is 5.73 Å². The third-order valence-electron chi connectivity index (χ3n) is 5.49. The van der Waals surface area contributed by atoms with E-state index in [4.69, 9.17) is 43.1 Å². The summed E-state index contributed by atoms with van der Waals surface area (Å²) in [4.78, 5) is 25.3. The molecule has 1 heterocycles. The highest BCUT2D eigenvalue weighted by atomic mass is 35.5. The molecule has 32 heavy (non-hydrogen) atoms. The van der Waals surface area contributed by atoms with Crippen LogP contribution in [0.2, 0.25) is 10.0 Å². The van der Waals surface area contributed by atoms with E-state index in [0.29, 0.717) is 58.6 Å². The van der Waals surface area contributed by atoms with Crippen molar-refractivity contribution in [3.8, 4) is 5.75 Å². The van der Waals surface area contributed by atoms with E-state index < -0.39 is 11.9 Å². The van der Waals surface area contributed by atoms with E-state index in [2.05, 4.69) is 0 Å². The second-order valence-electron chi connectivity index (χ2n) is 7.52. The lowest BCUT2D eigenvalue weighted by molar-refractivity contribution is -0.136. The van der Waals surface area contributed by atoms with Gasteiger partial charge in [0.05, 0.1) is 18.1 Å². The molecule has 6 nitrogen and oxygen atoms in total. The Kier molecular flexibility index (Phi) is 6.44. The summed E-state index contributed by atoms with van der Waals surface area (Å²) in [6, 6.07) is 12.5. The minimum Gasteiger partial charge on any atom is -0.487 e. The van der Waals surface area contributed by atoms with Gasteiger partial charge in [0.2, 0.25) is 5.88 Å². The van der Waals surface area contributed by atoms with Gasteiger partial charge in [0.1, 0.15) is 23.7 Å². The Labute approximate surface area is 195 Å². The van der Waals surface area contributed by atoms with Crippen LogP contribution in [0.3, 0.4) is 0 Å². The molecule has 0 radical (unpaired) electrons. The molecule has 0 saturated heterocycles. The average Bonchev–Trinajstić information content (AvgIpc) is 2.78. The number of methoxy groups -OCH3 is 1. The number of halogens is 2. The maximum absolute atomic E-state index is 12.8. The van der Waals surface area contributed by atoms with E-state index in [9.17, 15) is 9.59 Å². The topological polar surface area (TPSA) is 87.9 Å². The summed E-state index contributed by atoms with van der Waals surface area (Å²) in [5.41, 5.74) is 8.15. The number of benzene rings is 2. The van der Waals surface area contributed by atoms with Crippen LogP contribution < -0.4 is 10.5 Å². The van der Waals surface area contributed by atoms with E-state index in [-0.39, 0.29) is 17.2 Å². The standard InChI is InChI=1S/C24H21Cl2NO5/c1-30-24(29)22-20(21-17(28)3-2-4-19(21)32-23(22)27)14-7-10-18(16(26)11-14)31-12-13-5-8-15(25)9-6-13/h5-11,20H,2-4,12,27H2,1H3/t20-/m0/s1. The average molecular weight is 474 g/mol. The van der Waals surface area contributed by atoms with Crippen molar-refractivity contribution < 1.29 is 23.8 Å². The molecule has 2 aliphatic rings. The summed E-state index contributed by atoms with van der Waals surface area (Å²) in [7, 11) is 1.26. The molecule has 2 N–H and O–H groups in total. The highest BCUT2D eigenvalue weighted by Crippen LogP contribution is 2.45. The maximum Gasteiger partial charge on any atom is 0.340 e. The second kappa shape index (κ2) is 9.27. The van der Waals surface area contributed by atoms with Gasteiger partial charge in [0.25, 0.3) is 0 Å². The normalized spacial score (nSPS) is 18.2. The van der Waals surface area contributed by atoms with Gasteiger partial charge in [0.15, 0.2) is 5.78 Å². The highest BCUT2D eigenvalue weighted by Gasteiger charge is 2.41. The predicted molar refractivity (Wildman–Crippen MR) is 120 cm³/mol. The van der Waals surface area contributed by atoms with E-state index >= 15 is 0 Å². The van der Waals surface area contributed by atoms with Gasteiger partial charge in [-0.2, -0.15) is 0 Å². The van der Waals surface area contributed by atoms with Gasteiger partial charge in [-0.05, 0) is 41.8 Å². The number of Topliss-reactive ketones (excluding diaryl/α,β-unsaturated/α-hetero) is 1. The Morgan fingerprint density at radius 3 is 2.59 bits per heavy atom. The van der Waals surface area contributed by atoms with E-state index in [1.165, 1.54) is 7.11 Å². The maximum atomic E-state index is 12.8. The predicted octanol–water partition coefficient (Wildman–Crippen LogP) is 5.04. The summed E-state index contributed by atoms with van der Waals surface area (Å²) >= 11 is 12.4. The number of hydrogen-bond donors (Lipinski definition) is 1. The fraction of sp³-hybridized carbons (Fsp3) is 0.250. The van der Waals surface area contributed by atoms with Crippen molar-refractivity contribution in [1.29, 1.82) is 0 Å². The first kappa shape index (κ1) is 22.2. The molecule has 8 heteroatoms. The van der Waals surface area contributed by atoms with Crippen LogP contribution in [0, 0.1) is 0 Å². The molecule has 0 saturated carbocycles. The van der Waals surface area contributed by atoms with Crippen molar-refractivity contribution in [2.75, 3.05) is 7.11 Å². The van der Waals surface area contributed by atoms with Crippen LogP contribution in [0.5, 0.6) is 5.75 Å². The van der Waals surface area contributed by atoms with Crippen LogP contribution in [0.1, 0.15) is 36.3 Å². The van der Waals surface area contributed by atoms with Crippen LogP contribution >= 0.6 is 23.2 Å². The lowest BCUT2D eigenvalue weighted by atomic mass is 9.77. The number of ketones is 1. The van der Waals surface area contributed by atoms with Gasteiger partial charge < -0.3 is 19.9 Å². The van der Waals surface area contributed by atoms with Crippen LogP contribution in [0.4, 0.5) is 0 Å². The summed E-state index contributed by atoms with van der Waals surface area (Å²) in [5.74, 6) is -0.550. The fourth-order valence-corrected chi connectivity index (χ4v) is 4.32. The van der Waals surface area contributed by atoms with Crippen LogP contribution in [-0.2, 0) is 25.7 Å². The molecule has 1 aliphatic heterocycles. The molecular weight excluding hydrogens is 453 g/mol. The number of carbonyl (C=O) groups excluding carboxylic acids is 2. The largest absolute Gasteiger partial charge is 0.487 e. The van der Waals surface area contributed by atoms with Gasteiger partial charge in [-0.1, -0.05) is 41.4 Å². The molecular formula is C24H21Cl2NO5. The lowest BCUT2D eigenvalue weighted by Crippen LogP contribution is -2.31. The molecule has 2 aromatic carbocycles. The Hall–Kier alpha value is -2.96. The number of nitrogens with two attached hydrogens (primary N) is 1. The van der Waals surface area contributed by atoms with Gasteiger partial charge in [-0.25, -0.2) is 4.79 Å². The molecule has 4 rings (SSSR count). The zero-order valence-corrected chi connectivity index (χ0v) is 18.8. The van der Waals surface area contributed by atoms with Crippen LogP contribution in [0.15, 0.2) is 65.3 Å². The molecule has 0 unspecified atom stereocenters. The van der Waals surface area contributed by atoms with Gasteiger partial charge >= 0.3 is 5.97 Å². The molecule has 2 aromatic rings. The smallest absolute Gasteiger partial charge is 0.340 e. The van der Waals surface area contributed by atoms with Crippen molar-refractivity contribution in [3.63, 3.8) is 0 Å². The second-order valence-corrected chi connectivity index (χ2v) is 8.37. The lowest BCUT2D eigenvalue weighted by Gasteiger charge is -2.32. The Morgan fingerprint density at radius 2 is 1.91 bits per heavy atom. The third kappa shape index (κ3) is 4.33. The van der Waals surface area contributed by atoms with Gasteiger partial charge in [-0.15, -0.1) is 0 Å². The van der Waals surface area contributed by atoms with E-state index in [1.54, 1.807) is 30.3 Å². The highest BCUT2D eigenvalue weighted by molar-refractivity contribution is 6.32. The first-order chi connectivity index (χ1) is 15.4. The first-order valence-corrected chi connectivity index (χ1v) is 10.8. The Bertz CT molecular complexity index is 1140. The third-order valence-corrected chi connectivity index (χ3v) is 6.03. The number of esters is 1. The van der Waals surface area contributed by atoms with Gasteiger partial charge in [-0.3, -0.25) is 4.79 Å². The number of rotatable bonds is 5. The number of carbonyl (C=O) groups is 2.